The van der Waals surface area contributed by atoms with Gasteiger partial charge in [-0.1, -0.05) is 12.6 Å². The molecule has 1 fully saturated rings. The molecule has 9 heteroatoms. The van der Waals surface area contributed by atoms with Gasteiger partial charge >= 0.3 is 12.2 Å². The maximum atomic E-state index is 12.8. The summed E-state index contributed by atoms with van der Waals surface area (Å²) in [5, 5.41) is 0. The summed E-state index contributed by atoms with van der Waals surface area (Å²) in [7, 11) is 0. The molecule has 32 heavy (non-hydrogen) atoms. The second-order valence-corrected chi connectivity index (χ2v) is 7.48. The smallest absolute Gasteiger partial charge is 0.416 e. The van der Waals surface area contributed by atoms with Crippen LogP contribution in [0, 0.1) is 5.92 Å². The van der Waals surface area contributed by atoms with E-state index in [0.29, 0.717) is 24.6 Å². The minimum Gasteiger partial charge on any atom is -0.424 e. The molecule has 0 bridgehead atoms. The first-order valence-electron chi connectivity index (χ1n) is 9.84. The standard InChI is InChI=1S/C23H19F3N4O2/c1-2-21(31)30-13-16(14-30)6-15-7-17(10-27-9-15)18-11-28-22(29-12-18)32-20-5-3-4-19(8-20)23(24,25)26/h2-5,7-12,16H,1,6,13-14H2. The van der Waals surface area contributed by atoms with Crippen LogP contribution in [-0.4, -0.2) is 38.8 Å². The van der Waals surface area contributed by atoms with Gasteiger partial charge in [-0.15, -0.1) is 0 Å². The Morgan fingerprint density at radius 2 is 1.88 bits per heavy atom. The van der Waals surface area contributed by atoms with E-state index >= 15 is 0 Å². The lowest BCUT2D eigenvalue weighted by atomic mass is 9.92. The third kappa shape index (κ3) is 4.93. The van der Waals surface area contributed by atoms with Crippen molar-refractivity contribution in [1.82, 2.24) is 19.9 Å². The molecular formula is C23H19F3N4O2. The first kappa shape index (κ1) is 21.5. The van der Waals surface area contributed by atoms with E-state index in [1.165, 1.54) is 30.6 Å². The Kier molecular flexibility index (Phi) is 5.89. The van der Waals surface area contributed by atoms with Gasteiger partial charge in [0.2, 0.25) is 5.91 Å². The molecule has 2 aromatic heterocycles. The molecule has 0 atom stereocenters. The summed E-state index contributed by atoms with van der Waals surface area (Å²) < 4.78 is 43.9. The highest BCUT2D eigenvalue weighted by Gasteiger charge is 2.31. The van der Waals surface area contributed by atoms with Gasteiger partial charge in [-0.05, 0) is 48.2 Å². The fourth-order valence-electron chi connectivity index (χ4n) is 3.46. The molecule has 1 aliphatic heterocycles. The van der Waals surface area contributed by atoms with Crippen molar-refractivity contribution in [2.75, 3.05) is 13.1 Å². The zero-order valence-corrected chi connectivity index (χ0v) is 16.9. The average Bonchev–Trinajstić information content (AvgIpc) is 2.76. The number of likely N-dealkylation sites (tertiary alicyclic amines) is 1. The molecule has 0 N–H and O–H groups in total. The molecule has 0 saturated carbocycles. The van der Waals surface area contributed by atoms with Gasteiger partial charge in [-0.25, -0.2) is 9.97 Å². The van der Waals surface area contributed by atoms with Gasteiger partial charge < -0.3 is 9.64 Å². The Morgan fingerprint density at radius 1 is 1.12 bits per heavy atom. The third-order valence-electron chi connectivity index (χ3n) is 5.09. The lowest BCUT2D eigenvalue weighted by Crippen LogP contribution is -2.50. The first-order valence-corrected chi connectivity index (χ1v) is 9.84. The fourth-order valence-corrected chi connectivity index (χ4v) is 3.46. The molecule has 4 rings (SSSR count). The summed E-state index contributed by atoms with van der Waals surface area (Å²) in [6.07, 6.45) is 4.19. The summed E-state index contributed by atoms with van der Waals surface area (Å²) in [4.78, 5) is 25.8. The van der Waals surface area contributed by atoms with E-state index < -0.39 is 11.7 Å². The first-order chi connectivity index (χ1) is 15.3. The quantitative estimate of drug-likeness (QED) is 0.527. The third-order valence-corrected chi connectivity index (χ3v) is 5.09. The molecule has 3 heterocycles. The number of rotatable bonds is 6. The summed E-state index contributed by atoms with van der Waals surface area (Å²) >= 11 is 0. The highest BCUT2D eigenvalue weighted by molar-refractivity contribution is 5.87. The molecule has 1 aliphatic rings. The van der Waals surface area contributed by atoms with Crippen LogP contribution in [0.1, 0.15) is 11.1 Å². The minimum atomic E-state index is -4.46. The molecule has 0 radical (unpaired) electrons. The number of halogens is 3. The van der Waals surface area contributed by atoms with E-state index in [1.54, 1.807) is 17.3 Å². The van der Waals surface area contributed by atoms with Crippen molar-refractivity contribution < 1.29 is 22.7 Å². The second-order valence-electron chi connectivity index (χ2n) is 7.48. The van der Waals surface area contributed by atoms with Crippen molar-refractivity contribution in [3.63, 3.8) is 0 Å². The Morgan fingerprint density at radius 3 is 2.56 bits per heavy atom. The molecule has 164 valence electrons. The van der Waals surface area contributed by atoms with Gasteiger partial charge in [-0.3, -0.25) is 9.78 Å². The number of aromatic nitrogens is 3. The molecule has 0 aliphatic carbocycles. The number of amides is 1. The van der Waals surface area contributed by atoms with E-state index in [2.05, 4.69) is 21.5 Å². The zero-order chi connectivity index (χ0) is 22.7. The van der Waals surface area contributed by atoms with Crippen LogP contribution in [0.2, 0.25) is 0 Å². The van der Waals surface area contributed by atoms with Crippen LogP contribution in [0.4, 0.5) is 13.2 Å². The van der Waals surface area contributed by atoms with Gasteiger partial charge in [0, 0.05) is 49.0 Å². The minimum absolute atomic E-state index is 0.000664. The lowest BCUT2D eigenvalue weighted by Gasteiger charge is -2.38. The van der Waals surface area contributed by atoms with Crippen molar-refractivity contribution in [1.29, 1.82) is 0 Å². The van der Waals surface area contributed by atoms with Crippen LogP contribution in [0.3, 0.4) is 0 Å². The largest absolute Gasteiger partial charge is 0.424 e. The normalized spacial score (nSPS) is 14.0. The summed E-state index contributed by atoms with van der Waals surface area (Å²) in [6, 6.07) is 6.46. The number of hydrogen-bond donors (Lipinski definition) is 0. The Bertz CT molecular complexity index is 1130. The highest BCUT2D eigenvalue weighted by Crippen LogP contribution is 2.32. The van der Waals surface area contributed by atoms with Crippen molar-refractivity contribution in [3.05, 3.63) is 78.9 Å². The Balaban J connectivity index is 1.41. The van der Waals surface area contributed by atoms with Crippen LogP contribution in [0.15, 0.2) is 67.8 Å². The van der Waals surface area contributed by atoms with Crippen molar-refractivity contribution in [2.45, 2.75) is 12.6 Å². The molecular weight excluding hydrogens is 421 g/mol. The highest BCUT2D eigenvalue weighted by atomic mass is 19.4. The molecule has 1 aromatic carbocycles. The second kappa shape index (κ2) is 8.78. The number of benzene rings is 1. The fraction of sp³-hybridized carbons (Fsp3) is 0.217. The van der Waals surface area contributed by atoms with Gasteiger partial charge in [0.1, 0.15) is 5.75 Å². The number of pyridine rings is 1. The number of alkyl halides is 3. The van der Waals surface area contributed by atoms with Crippen LogP contribution in [-0.2, 0) is 17.4 Å². The van der Waals surface area contributed by atoms with Crippen molar-refractivity contribution in [2.24, 2.45) is 5.92 Å². The van der Waals surface area contributed by atoms with Gasteiger partial charge in [0.05, 0.1) is 5.56 Å². The van der Waals surface area contributed by atoms with Gasteiger partial charge in [0.25, 0.3) is 0 Å². The Labute approximate surface area is 182 Å². The summed E-state index contributed by atoms with van der Waals surface area (Å²) in [6.45, 7) is 4.88. The van der Waals surface area contributed by atoms with E-state index in [0.717, 1.165) is 29.7 Å². The molecule has 1 saturated heterocycles. The number of carbonyl (C=O) groups is 1. The average molecular weight is 440 g/mol. The number of ether oxygens (including phenoxy) is 1. The maximum Gasteiger partial charge on any atom is 0.416 e. The number of nitrogens with zero attached hydrogens (tertiary/aromatic N) is 4. The molecule has 6 nitrogen and oxygen atoms in total. The van der Waals surface area contributed by atoms with Crippen LogP contribution in [0.5, 0.6) is 11.8 Å². The zero-order valence-electron chi connectivity index (χ0n) is 16.9. The van der Waals surface area contributed by atoms with Gasteiger partial charge in [-0.2, -0.15) is 13.2 Å². The Hall–Kier alpha value is -3.75. The molecule has 3 aromatic rings. The topological polar surface area (TPSA) is 68.2 Å². The summed E-state index contributed by atoms with van der Waals surface area (Å²) in [5.41, 5.74) is 1.74. The number of carbonyl (C=O) groups excluding carboxylic acids is 1. The van der Waals surface area contributed by atoms with Crippen LogP contribution >= 0.6 is 0 Å². The van der Waals surface area contributed by atoms with E-state index in [9.17, 15) is 18.0 Å². The summed E-state index contributed by atoms with van der Waals surface area (Å²) in [5.74, 6) is 0.314. The maximum absolute atomic E-state index is 12.8. The monoisotopic (exact) mass is 440 g/mol. The lowest BCUT2D eigenvalue weighted by molar-refractivity contribution is -0.137. The van der Waals surface area contributed by atoms with Crippen molar-refractivity contribution in [3.8, 4) is 22.9 Å². The predicted molar refractivity (Wildman–Crippen MR) is 111 cm³/mol. The van der Waals surface area contributed by atoms with E-state index in [-0.39, 0.29) is 17.7 Å². The van der Waals surface area contributed by atoms with Crippen molar-refractivity contribution >= 4 is 5.91 Å². The van der Waals surface area contributed by atoms with E-state index in [4.69, 9.17) is 4.74 Å². The molecule has 1 amide bonds. The van der Waals surface area contributed by atoms with E-state index in [1.807, 2.05) is 6.07 Å². The molecule has 0 unspecified atom stereocenters. The predicted octanol–water partition coefficient (Wildman–Crippen LogP) is 4.54. The van der Waals surface area contributed by atoms with Gasteiger partial charge in [0.15, 0.2) is 0 Å². The van der Waals surface area contributed by atoms with Crippen LogP contribution < -0.4 is 4.74 Å². The van der Waals surface area contributed by atoms with Crippen LogP contribution in [0.25, 0.3) is 11.1 Å². The molecule has 0 spiro atoms. The SMILES string of the molecule is C=CC(=O)N1CC(Cc2cncc(-c3cnc(Oc4cccc(C(F)(F)F)c4)nc3)c2)C1. The number of hydrogen-bond acceptors (Lipinski definition) is 5.